The topological polar surface area (TPSA) is 80.8 Å². The van der Waals surface area contributed by atoms with Crippen molar-refractivity contribution in [3.8, 4) is 22.6 Å². The average molecular weight is 534 g/mol. The van der Waals surface area contributed by atoms with Crippen LogP contribution in [-0.2, 0) is 0 Å². The second-order valence-electron chi connectivity index (χ2n) is 9.46. The van der Waals surface area contributed by atoms with Crippen molar-refractivity contribution in [1.29, 1.82) is 0 Å². The summed E-state index contributed by atoms with van der Waals surface area (Å²) < 4.78 is 11.7. The predicted molar refractivity (Wildman–Crippen MR) is 146 cm³/mol. The van der Waals surface area contributed by atoms with Gasteiger partial charge in [-0.2, -0.15) is 0 Å². The molecule has 37 heavy (non-hydrogen) atoms. The first-order valence-electron chi connectivity index (χ1n) is 12.3. The van der Waals surface area contributed by atoms with E-state index in [1.807, 2.05) is 52.7 Å². The van der Waals surface area contributed by atoms with Gasteiger partial charge in [0, 0.05) is 18.2 Å². The number of ether oxygens (including phenoxy) is 2. The summed E-state index contributed by atoms with van der Waals surface area (Å²) in [6.45, 7) is 0.442. The number of methoxy groups -OCH3 is 2. The van der Waals surface area contributed by atoms with Crippen LogP contribution in [0.2, 0.25) is 0 Å². The number of fused-ring (bicyclic) bond motifs is 3. The Morgan fingerprint density at radius 1 is 1.08 bits per heavy atom. The van der Waals surface area contributed by atoms with Gasteiger partial charge in [-0.15, -0.1) is 22.7 Å². The lowest BCUT2D eigenvalue weighted by molar-refractivity contribution is 0.0587. The van der Waals surface area contributed by atoms with E-state index >= 15 is 0 Å². The number of nitrogens with one attached hydrogen (secondary N) is 1. The van der Waals surface area contributed by atoms with Gasteiger partial charge < -0.3 is 19.7 Å². The summed E-state index contributed by atoms with van der Waals surface area (Å²) in [5, 5.41) is 5.09. The van der Waals surface area contributed by atoms with Crippen LogP contribution in [-0.4, -0.2) is 54.5 Å². The maximum Gasteiger partial charge on any atom is 0.265 e. The molecule has 2 aromatic heterocycles. The van der Waals surface area contributed by atoms with Gasteiger partial charge >= 0.3 is 0 Å². The Morgan fingerprint density at radius 2 is 1.95 bits per heavy atom. The highest BCUT2D eigenvalue weighted by Gasteiger charge is 2.48. The molecule has 1 saturated heterocycles. The monoisotopic (exact) mass is 533 g/mol. The molecule has 0 unspecified atom stereocenters. The van der Waals surface area contributed by atoms with Gasteiger partial charge in [0.1, 0.15) is 0 Å². The average Bonchev–Trinajstić information content (AvgIpc) is 3.74. The largest absolute Gasteiger partial charge is 0.493 e. The van der Waals surface area contributed by atoms with Crippen LogP contribution in [0.1, 0.15) is 39.3 Å². The van der Waals surface area contributed by atoms with E-state index in [4.69, 9.17) is 9.47 Å². The lowest BCUT2D eigenvalue weighted by Gasteiger charge is -2.35. The predicted octanol–water partition coefficient (Wildman–Crippen LogP) is 5.47. The highest BCUT2D eigenvalue weighted by atomic mass is 32.1. The van der Waals surface area contributed by atoms with Gasteiger partial charge in [-0.1, -0.05) is 12.1 Å². The van der Waals surface area contributed by atoms with Crippen LogP contribution in [0, 0.1) is 5.92 Å². The molecule has 4 aromatic rings. The molecule has 3 atom stereocenters. The number of amides is 2. The van der Waals surface area contributed by atoms with Crippen LogP contribution in [0.3, 0.4) is 0 Å². The van der Waals surface area contributed by atoms with Crippen molar-refractivity contribution in [2.45, 2.75) is 31.3 Å². The molecule has 2 amide bonds. The molecule has 3 heterocycles. The summed E-state index contributed by atoms with van der Waals surface area (Å²) in [5.74, 6) is 1.60. The number of hydrogen-bond acceptors (Lipinski definition) is 7. The Labute approximate surface area is 223 Å². The van der Waals surface area contributed by atoms with Crippen molar-refractivity contribution >= 4 is 44.7 Å². The van der Waals surface area contributed by atoms with E-state index in [1.54, 1.807) is 19.7 Å². The lowest BCUT2D eigenvalue weighted by atomic mass is 9.97. The van der Waals surface area contributed by atoms with Gasteiger partial charge in [-0.05, 0) is 66.5 Å². The van der Waals surface area contributed by atoms with Crippen molar-refractivity contribution < 1.29 is 19.1 Å². The quantitative estimate of drug-likeness (QED) is 0.341. The number of piperidine rings is 1. The minimum atomic E-state index is -0.118. The molecule has 1 aliphatic carbocycles. The number of benzene rings is 2. The molecule has 1 N–H and O–H groups in total. The second-order valence-corrected chi connectivity index (χ2v) is 11.2. The molecule has 2 aromatic carbocycles. The number of hydrogen-bond donors (Lipinski definition) is 1. The maximum atomic E-state index is 14.0. The Hall–Kier alpha value is -3.43. The first-order chi connectivity index (χ1) is 18.1. The number of thiazole rings is 1. The standard InChI is InChI=1S/C28H27N3O4S2/c1-34-23-9-7-16(13-24(23)35-2)19-10-11-36-26(19)28(33)31-18-8-6-17(12-18)22(31)14-29-27(32)20-4-3-5-21-25(20)37-15-30-21/h3-5,7,9-11,13,15,17-18,22H,6,8,12,14H2,1-2H3,(H,29,32)/t17-,18+,22+/m0/s1. The van der Waals surface area contributed by atoms with Gasteiger partial charge in [0.25, 0.3) is 11.8 Å². The van der Waals surface area contributed by atoms with Crippen molar-refractivity contribution in [1.82, 2.24) is 15.2 Å². The van der Waals surface area contributed by atoms with E-state index in [0.29, 0.717) is 34.4 Å². The van der Waals surface area contributed by atoms with Crippen LogP contribution in [0.4, 0.5) is 0 Å². The number of thiophene rings is 1. The van der Waals surface area contributed by atoms with Gasteiger partial charge in [-0.3, -0.25) is 9.59 Å². The Morgan fingerprint density at radius 3 is 2.78 bits per heavy atom. The number of nitrogens with zero attached hydrogens (tertiary/aromatic N) is 2. The summed E-state index contributed by atoms with van der Waals surface area (Å²) >= 11 is 2.93. The zero-order chi connectivity index (χ0) is 25.5. The summed E-state index contributed by atoms with van der Waals surface area (Å²) in [6.07, 6.45) is 3.10. The Balaban J connectivity index is 1.24. The third kappa shape index (κ3) is 4.16. The molecule has 2 bridgehead atoms. The van der Waals surface area contributed by atoms with Crippen molar-refractivity contribution in [2.75, 3.05) is 20.8 Å². The molecule has 6 rings (SSSR count). The fourth-order valence-corrected chi connectivity index (χ4v) is 7.51. The minimum Gasteiger partial charge on any atom is -0.493 e. The van der Waals surface area contributed by atoms with E-state index < -0.39 is 0 Å². The molecule has 7 nitrogen and oxygen atoms in total. The van der Waals surface area contributed by atoms with E-state index in [1.165, 1.54) is 22.7 Å². The third-order valence-electron chi connectivity index (χ3n) is 7.60. The van der Waals surface area contributed by atoms with Gasteiger partial charge in [0.15, 0.2) is 11.5 Å². The van der Waals surface area contributed by atoms with Crippen LogP contribution in [0.15, 0.2) is 53.4 Å². The normalized spacial score (nSPS) is 20.4. The number of rotatable bonds is 7. The minimum absolute atomic E-state index is 0.0174. The smallest absolute Gasteiger partial charge is 0.265 e. The second kappa shape index (κ2) is 9.79. The molecule has 2 fully saturated rings. The Bertz CT molecular complexity index is 1480. The van der Waals surface area contributed by atoms with Gasteiger partial charge in [0.05, 0.1) is 46.4 Å². The van der Waals surface area contributed by atoms with Crippen LogP contribution in [0.5, 0.6) is 11.5 Å². The van der Waals surface area contributed by atoms with Gasteiger partial charge in [-0.25, -0.2) is 4.98 Å². The zero-order valence-corrected chi connectivity index (χ0v) is 22.2. The highest BCUT2D eigenvalue weighted by molar-refractivity contribution is 7.17. The van der Waals surface area contributed by atoms with Crippen molar-refractivity contribution in [2.24, 2.45) is 5.92 Å². The summed E-state index contributed by atoms with van der Waals surface area (Å²) in [6, 6.07) is 13.5. The van der Waals surface area contributed by atoms with Gasteiger partial charge in [0.2, 0.25) is 0 Å². The maximum absolute atomic E-state index is 14.0. The molecule has 0 radical (unpaired) electrons. The SMILES string of the molecule is COc1ccc(-c2ccsc2C(=O)N2[C@@H]3CC[C@@H](C3)[C@H]2CNC(=O)c2cccc3ncsc23)cc1OC. The van der Waals surface area contributed by atoms with E-state index in [9.17, 15) is 9.59 Å². The molecule has 9 heteroatoms. The van der Waals surface area contributed by atoms with Crippen LogP contribution in [0.25, 0.3) is 21.3 Å². The zero-order valence-electron chi connectivity index (χ0n) is 20.6. The van der Waals surface area contributed by atoms with E-state index in [2.05, 4.69) is 10.3 Å². The number of likely N-dealkylation sites (tertiary alicyclic amines) is 1. The van der Waals surface area contributed by atoms with Crippen LogP contribution < -0.4 is 14.8 Å². The molecule has 0 spiro atoms. The fraction of sp³-hybridized carbons (Fsp3) is 0.321. The summed E-state index contributed by atoms with van der Waals surface area (Å²) in [5.41, 5.74) is 5.02. The molecular weight excluding hydrogens is 506 g/mol. The Kier molecular flexibility index (Phi) is 6.34. The first-order valence-corrected chi connectivity index (χ1v) is 14.1. The van der Waals surface area contributed by atoms with E-state index in [-0.39, 0.29) is 23.9 Å². The summed E-state index contributed by atoms with van der Waals surface area (Å²) in [4.78, 5) is 34.2. The molecule has 190 valence electrons. The molecule has 2 aliphatic rings. The highest BCUT2D eigenvalue weighted by Crippen LogP contribution is 2.44. The fourth-order valence-electron chi connectivity index (χ4n) is 5.85. The van der Waals surface area contributed by atoms with Crippen molar-refractivity contribution in [3.05, 3.63) is 63.8 Å². The first kappa shape index (κ1) is 23.9. The van der Waals surface area contributed by atoms with E-state index in [0.717, 1.165) is 40.6 Å². The number of carbonyl (C=O) groups is 2. The number of aromatic nitrogens is 1. The third-order valence-corrected chi connectivity index (χ3v) is 9.38. The van der Waals surface area contributed by atoms with Crippen LogP contribution >= 0.6 is 22.7 Å². The molecule has 1 aliphatic heterocycles. The number of carbonyl (C=O) groups excluding carboxylic acids is 2. The van der Waals surface area contributed by atoms with Crippen molar-refractivity contribution in [3.63, 3.8) is 0 Å². The summed E-state index contributed by atoms with van der Waals surface area (Å²) in [7, 11) is 3.22. The molecule has 1 saturated carbocycles. The lowest BCUT2D eigenvalue weighted by Crippen LogP contribution is -2.50. The molecular formula is C28H27N3O4S2.